The second kappa shape index (κ2) is 9.64. The summed E-state index contributed by atoms with van der Waals surface area (Å²) in [5.74, 6) is -2.47. The summed E-state index contributed by atoms with van der Waals surface area (Å²) in [6.45, 7) is 5.46. The molecule has 2 aromatic rings. The monoisotopic (exact) mass is 542 g/mol. The average molecular weight is 543 g/mol. The molecule has 7 nitrogen and oxygen atoms in total. The van der Waals surface area contributed by atoms with E-state index in [2.05, 4.69) is 5.32 Å². The molecule has 0 aromatic heterocycles. The van der Waals surface area contributed by atoms with E-state index in [9.17, 15) is 19.5 Å². The summed E-state index contributed by atoms with van der Waals surface area (Å²) in [6, 6.07) is 12.9. The molecule has 2 N–H and O–H groups in total. The molecule has 3 fully saturated rings. The van der Waals surface area contributed by atoms with Gasteiger partial charge in [-0.05, 0) is 50.8 Å². The zero-order chi connectivity index (χ0) is 26.5. The Balaban J connectivity index is 1.63. The van der Waals surface area contributed by atoms with Gasteiger partial charge in [-0.2, -0.15) is 0 Å². The van der Waals surface area contributed by atoms with E-state index in [1.807, 2.05) is 56.3 Å². The number of likely N-dealkylation sites (tertiary alicyclic amines) is 1. The van der Waals surface area contributed by atoms with Crippen LogP contribution in [-0.2, 0) is 19.1 Å². The lowest BCUT2D eigenvalue weighted by Crippen LogP contribution is -2.52. The lowest BCUT2D eigenvalue weighted by atomic mass is 9.66. The van der Waals surface area contributed by atoms with Crippen LogP contribution in [0.2, 0.25) is 5.02 Å². The molecular weight excluding hydrogens is 512 g/mol. The fourth-order valence-corrected chi connectivity index (χ4v) is 9.20. The Morgan fingerprint density at radius 2 is 1.95 bits per heavy atom. The fourth-order valence-electron chi connectivity index (χ4n) is 6.60. The maximum Gasteiger partial charge on any atom is 0.311 e. The number of hydrogen-bond acceptors (Lipinski definition) is 6. The SMILES string of the molecule is CCOC(=O)[C@@H]1[C@H]2C(=O)N([C@H](CO)c3ccccc3)C(C(=O)Nc3c(C)cccc3Cl)C23CC[C@@]1(C)S3. The first-order chi connectivity index (χ1) is 17.7. The summed E-state index contributed by atoms with van der Waals surface area (Å²) in [5, 5.41) is 13.9. The molecular formula is C28H31ClN2O5S. The highest BCUT2D eigenvalue weighted by molar-refractivity contribution is 8.02. The number of aliphatic hydroxyl groups is 1. The van der Waals surface area contributed by atoms with E-state index in [-0.39, 0.29) is 25.0 Å². The number of fused-ring (bicyclic) bond motifs is 1. The molecule has 3 aliphatic heterocycles. The highest BCUT2D eigenvalue weighted by Crippen LogP contribution is 2.72. The van der Waals surface area contributed by atoms with Crippen molar-refractivity contribution in [1.82, 2.24) is 4.90 Å². The number of carbonyl (C=O) groups excluding carboxylic acids is 3. The summed E-state index contributed by atoms with van der Waals surface area (Å²) in [4.78, 5) is 43.2. The fraction of sp³-hybridized carbons (Fsp3) is 0.464. The zero-order valence-corrected chi connectivity index (χ0v) is 22.6. The first kappa shape index (κ1) is 26.1. The highest BCUT2D eigenvalue weighted by atomic mass is 35.5. The first-order valence-electron chi connectivity index (χ1n) is 12.6. The third-order valence-corrected chi connectivity index (χ3v) is 10.5. The summed E-state index contributed by atoms with van der Waals surface area (Å²) in [6.07, 6.45) is 1.28. The number of benzene rings is 2. The molecule has 1 spiro atoms. The van der Waals surface area contributed by atoms with Crippen LogP contribution >= 0.6 is 23.4 Å². The lowest BCUT2D eigenvalue weighted by Gasteiger charge is -2.37. The van der Waals surface area contributed by atoms with Gasteiger partial charge >= 0.3 is 5.97 Å². The number of nitrogens with one attached hydrogen (secondary N) is 1. The number of carbonyl (C=O) groups is 3. The van der Waals surface area contributed by atoms with Gasteiger partial charge in [0, 0.05) is 4.75 Å². The Morgan fingerprint density at radius 3 is 2.59 bits per heavy atom. The number of halogens is 1. The maximum absolute atomic E-state index is 14.3. The Labute approximate surface area is 225 Å². The normalized spacial score (nSPS) is 30.8. The van der Waals surface area contributed by atoms with Gasteiger partial charge in [0.15, 0.2) is 0 Å². The molecule has 9 heteroatoms. The molecule has 3 heterocycles. The van der Waals surface area contributed by atoms with Crippen molar-refractivity contribution in [2.45, 2.75) is 55.2 Å². The van der Waals surface area contributed by atoms with Crippen molar-refractivity contribution >= 4 is 46.8 Å². The van der Waals surface area contributed by atoms with Crippen LogP contribution in [0.4, 0.5) is 5.69 Å². The number of aliphatic hydroxyl groups excluding tert-OH is 1. The molecule has 2 amide bonds. The van der Waals surface area contributed by atoms with Crippen molar-refractivity contribution in [3.63, 3.8) is 0 Å². The predicted octanol–water partition coefficient (Wildman–Crippen LogP) is 4.36. The zero-order valence-electron chi connectivity index (χ0n) is 21.1. The standard InChI is InChI=1S/C28H31ClN2O5S/c1-4-36-26(35)21-20-25(34)31(19(15-32)17-10-6-5-7-11-17)23(28(20)14-13-27(21,3)37-28)24(33)30-22-16(2)9-8-12-18(22)29/h5-12,19-21,23,32H,4,13-15H2,1-3H3,(H,30,33)/t19-,20+,21+,23?,27-,28?/m1/s1. The van der Waals surface area contributed by atoms with Crippen molar-refractivity contribution in [3.05, 3.63) is 64.7 Å². The van der Waals surface area contributed by atoms with Gasteiger partial charge in [0.1, 0.15) is 6.04 Å². The summed E-state index contributed by atoms with van der Waals surface area (Å²) in [7, 11) is 0. The number of thioether (sulfide) groups is 1. The van der Waals surface area contributed by atoms with E-state index in [1.165, 1.54) is 4.90 Å². The van der Waals surface area contributed by atoms with Gasteiger partial charge in [0.2, 0.25) is 11.8 Å². The number of esters is 1. The molecule has 2 bridgehead atoms. The van der Waals surface area contributed by atoms with Gasteiger partial charge < -0.3 is 20.1 Å². The smallest absolute Gasteiger partial charge is 0.311 e. The van der Waals surface area contributed by atoms with Crippen molar-refractivity contribution in [1.29, 1.82) is 0 Å². The molecule has 3 aliphatic rings. The lowest BCUT2D eigenvalue weighted by molar-refractivity contribution is -0.155. The number of anilines is 1. The van der Waals surface area contributed by atoms with E-state index < -0.39 is 39.4 Å². The van der Waals surface area contributed by atoms with Crippen molar-refractivity contribution in [2.75, 3.05) is 18.5 Å². The highest BCUT2D eigenvalue weighted by Gasteiger charge is 2.78. The largest absolute Gasteiger partial charge is 0.466 e. The van der Waals surface area contributed by atoms with E-state index in [0.29, 0.717) is 23.6 Å². The van der Waals surface area contributed by atoms with Gasteiger partial charge in [-0.15, -0.1) is 11.8 Å². The number of para-hydroxylation sites is 1. The number of rotatable bonds is 7. The second-order valence-electron chi connectivity index (χ2n) is 10.3. The number of aryl methyl sites for hydroxylation is 1. The van der Waals surface area contributed by atoms with E-state index >= 15 is 0 Å². The number of hydrogen-bond donors (Lipinski definition) is 2. The third kappa shape index (κ3) is 3.96. The van der Waals surface area contributed by atoms with Crippen LogP contribution in [0.1, 0.15) is 43.9 Å². The van der Waals surface area contributed by atoms with E-state index in [0.717, 1.165) is 11.1 Å². The van der Waals surface area contributed by atoms with Crippen molar-refractivity contribution in [3.8, 4) is 0 Å². The van der Waals surface area contributed by atoms with Gasteiger partial charge in [0.25, 0.3) is 0 Å². The molecule has 0 aliphatic carbocycles. The van der Waals surface area contributed by atoms with Crippen LogP contribution in [0.15, 0.2) is 48.5 Å². The summed E-state index contributed by atoms with van der Waals surface area (Å²) in [5.41, 5.74) is 2.01. The minimum absolute atomic E-state index is 0.215. The Morgan fingerprint density at radius 1 is 1.22 bits per heavy atom. The summed E-state index contributed by atoms with van der Waals surface area (Å²) < 4.78 is 4.09. The molecule has 196 valence electrons. The van der Waals surface area contributed by atoms with Gasteiger partial charge in [-0.1, -0.05) is 54.1 Å². The molecule has 2 unspecified atom stereocenters. The summed E-state index contributed by atoms with van der Waals surface area (Å²) >= 11 is 8.00. The molecule has 0 radical (unpaired) electrons. The molecule has 6 atom stereocenters. The van der Waals surface area contributed by atoms with Crippen molar-refractivity contribution in [2.24, 2.45) is 11.8 Å². The van der Waals surface area contributed by atoms with Crippen LogP contribution < -0.4 is 5.32 Å². The van der Waals surface area contributed by atoms with Gasteiger partial charge in [-0.25, -0.2) is 0 Å². The molecule has 5 rings (SSSR count). The topological polar surface area (TPSA) is 95.9 Å². The number of ether oxygens (including phenoxy) is 1. The third-order valence-electron chi connectivity index (χ3n) is 8.17. The maximum atomic E-state index is 14.3. The Bertz CT molecular complexity index is 1220. The number of nitrogens with zero attached hydrogens (tertiary/aromatic N) is 1. The van der Waals surface area contributed by atoms with Crippen LogP contribution in [0.25, 0.3) is 0 Å². The van der Waals surface area contributed by atoms with Gasteiger partial charge in [0.05, 0.1) is 46.5 Å². The van der Waals surface area contributed by atoms with Crippen molar-refractivity contribution < 1.29 is 24.2 Å². The van der Waals surface area contributed by atoms with E-state index in [1.54, 1.807) is 24.8 Å². The molecule has 37 heavy (non-hydrogen) atoms. The minimum atomic E-state index is -0.913. The Kier molecular flexibility index (Phi) is 6.79. The second-order valence-corrected chi connectivity index (χ2v) is 12.6. The van der Waals surface area contributed by atoms with Gasteiger partial charge in [-0.3, -0.25) is 14.4 Å². The quantitative estimate of drug-likeness (QED) is 0.505. The number of amides is 2. The average Bonchev–Trinajstić information content (AvgIpc) is 3.44. The van der Waals surface area contributed by atoms with Crippen LogP contribution in [0, 0.1) is 18.8 Å². The van der Waals surface area contributed by atoms with Crippen LogP contribution in [0.3, 0.4) is 0 Å². The predicted molar refractivity (Wildman–Crippen MR) is 143 cm³/mol. The molecule has 2 aromatic carbocycles. The van der Waals surface area contributed by atoms with Crippen LogP contribution in [0.5, 0.6) is 0 Å². The Hall–Kier alpha value is -2.55. The van der Waals surface area contributed by atoms with E-state index in [4.69, 9.17) is 16.3 Å². The first-order valence-corrected chi connectivity index (χ1v) is 13.8. The van der Waals surface area contributed by atoms with Crippen LogP contribution in [-0.4, -0.2) is 56.5 Å². The molecule has 0 saturated carbocycles. The minimum Gasteiger partial charge on any atom is -0.466 e. The molecule has 3 saturated heterocycles.